The minimum atomic E-state index is -0.627. The average Bonchev–Trinajstić information content (AvgIpc) is 3.00. The number of aromatic nitrogens is 2. The molecule has 1 heterocycles. The SMILES string of the molecule is Cc1ccc(Nc2c(C(=O)NOCCO)cc3c(ncn3C)c2F)c(C)c1. The number of carbonyl (C=O) groups is 1. The van der Waals surface area contributed by atoms with Crippen LogP contribution in [0.3, 0.4) is 0 Å². The number of carbonyl (C=O) groups excluding carboxylic acids is 1. The van der Waals surface area contributed by atoms with Crippen LogP contribution in [0.5, 0.6) is 0 Å². The predicted octanol–water partition coefficient (Wildman–Crippen LogP) is 2.73. The third-order valence-corrected chi connectivity index (χ3v) is 4.20. The second-order valence-corrected chi connectivity index (χ2v) is 6.28. The van der Waals surface area contributed by atoms with E-state index in [0.717, 1.165) is 11.1 Å². The van der Waals surface area contributed by atoms with Gasteiger partial charge in [0, 0.05) is 12.7 Å². The van der Waals surface area contributed by atoms with E-state index in [9.17, 15) is 4.79 Å². The van der Waals surface area contributed by atoms with Crippen molar-refractivity contribution >= 4 is 28.3 Å². The maximum atomic E-state index is 15.2. The largest absolute Gasteiger partial charge is 0.394 e. The molecule has 3 rings (SSSR count). The molecule has 1 amide bonds. The van der Waals surface area contributed by atoms with Crippen LogP contribution in [-0.2, 0) is 11.9 Å². The lowest BCUT2D eigenvalue weighted by atomic mass is 10.1. The van der Waals surface area contributed by atoms with E-state index >= 15 is 4.39 Å². The summed E-state index contributed by atoms with van der Waals surface area (Å²) in [5, 5.41) is 11.8. The maximum Gasteiger partial charge on any atom is 0.277 e. The van der Waals surface area contributed by atoms with E-state index in [0.29, 0.717) is 11.2 Å². The van der Waals surface area contributed by atoms with Crippen molar-refractivity contribution in [2.24, 2.45) is 7.05 Å². The molecule has 0 aliphatic rings. The quantitative estimate of drug-likeness (QED) is 0.457. The number of amides is 1. The standard InChI is InChI=1S/C19H21FN4O3/c1-11-4-5-14(12(2)8-11)22-17-13(19(26)23-27-7-6-25)9-15-18(16(17)20)21-10-24(15)3/h4-5,8-10,22,25H,6-7H2,1-3H3,(H,23,26). The van der Waals surface area contributed by atoms with Gasteiger partial charge < -0.3 is 15.0 Å². The zero-order valence-corrected chi connectivity index (χ0v) is 15.3. The van der Waals surface area contributed by atoms with Crippen molar-refractivity contribution in [3.8, 4) is 0 Å². The number of fused-ring (bicyclic) bond motifs is 1. The van der Waals surface area contributed by atoms with Crippen molar-refractivity contribution in [2.75, 3.05) is 18.5 Å². The minimum Gasteiger partial charge on any atom is -0.394 e. The summed E-state index contributed by atoms with van der Waals surface area (Å²) < 4.78 is 16.8. The summed E-state index contributed by atoms with van der Waals surface area (Å²) in [5.74, 6) is -1.25. The Morgan fingerprint density at radius 3 is 2.81 bits per heavy atom. The van der Waals surface area contributed by atoms with Crippen LogP contribution in [0.1, 0.15) is 21.5 Å². The fourth-order valence-corrected chi connectivity index (χ4v) is 2.83. The van der Waals surface area contributed by atoms with E-state index < -0.39 is 11.7 Å². The third-order valence-electron chi connectivity index (χ3n) is 4.20. The molecule has 0 aliphatic heterocycles. The van der Waals surface area contributed by atoms with Gasteiger partial charge in [0.15, 0.2) is 5.82 Å². The van der Waals surface area contributed by atoms with Gasteiger partial charge in [-0.2, -0.15) is 0 Å². The smallest absolute Gasteiger partial charge is 0.277 e. The highest BCUT2D eigenvalue weighted by Gasteiger charge is 2.22. The number of aliphatic hydroxyl groups is 1. The lowest BCUT2D eigenvalue weighted by Crippen LogP contribution is -2.26. The fraction of sp³-hybridized carbons (Fsp3) is 0.263. The molecule has 1 aromatic heterocycles. The monoisotopic (exact) mass is 372 g/mol. The van der Waals surface area contributed by atoms with Crippen LogP contribution in [0.2, 0.25) is 0 Å². The van der Waals surface area contributed by atoms with Crippen LogP contribution in [-0.4, -0.2) is 33.8 Å². The Kier molecular flexibility index (Phi) is 5.38. The fourth-order valence-electron chi connectivity index (χ4n) is 2.83. The summed E-state index contributed by atoms with van der Waals surface area (Å²) in [5.41, 5.74) is 5.62. The molecule has 0 radical (unpaired) electrons. The Hall–Kier alpha value is -2.97. The van der Waals surface area contributed by atoms with Gasteiger partial charge in [-0.15, -0.1) is 0 Å². The van der Waals surface area contributed by atoms with Gasteiger partial charge in [0.1, 0.15) is 5.52 Å². The van der Waals surface area contributed by atoms with Gasteiger partial charge in [-0.3, -0.25) is 9.63 Å². The van der Waals surface area contributed by atoms with Gasteiger partial charge in [-0.1, -0.05) is 17.7 Å². The topological polar surface area (TPSA) is 88.4 Å². The van der Waals surface area contributed by atoms with Gasteiger partial charge in [-0.25, -0.2) is 14.9 Å². The molecule has 0 spiro atoms. The number of rotatable bonds is 6. The molecule has 0 saturated carbocycles. The van der Waals surface area contributed by atoms with Crippen LogP contribution >= 0.6 is 0 Å². The van der Waals surface area contributed by atoms with Gasteiger partial charge in [0.05, 0.1) is 36.3 Å². The van der Waals surface area contributed by atoms with E-state index in [-0.39, 0.29) is 30.0 Å². The number of nitrogens with one attached hydrogen (secondary N) is 2. The van der Waals surface area contributed by atoms with Crippen molar-refractivity contribution in [3.63, 3.8) is 0 Å². The zero-order chi connectivity index (χ0) is 19.6. The Bertz CT molecular complexity index is 1000. The summed E-state index contributed by atoms with van der Waals surface area (Å²) in [6.45, 7) is 3.55. The first-order valence-electron chi connectivity index (χ1n) is 8.43. The van der Waals surface area contributed by atoms with Crippen molar-refractivity contribution in [1.82, 2.24) is 15.0 Å². The zero-order valence-electron chi connectivity index (χ0n) is 15.3. The first kappa shape index (κ1) is 18.8. The molecule has 8 heteroatoms. The number of anilines is 2. The number of halogens is 1. The molecule has 3 N–H and O–H groups in total. The van der Waals surface area contributed by atoms with E-state index in [2.05, 4.69) is 15.8 Å². The van der Waals surface area contributed by atoms with Gasteiger partial charge in [-0.05, 0) is 31.5 Å². The van der Waals surface area contributed by atoms with E-state index in [1.54, 1.807) is 17.7 Å². The van der Waals surface area contributed by atoms with E-state index in [4.69, 9.17) is 9.94 Å². The molecular weight excluding hydrogens is 351 g/mol. The molecule has 0 bridgehead atoms. The number of aryl methyl sites for hydroxylation is 3. The summed E-state index contributed by atoms with van der Waals surface area (Å²) in [4.78, 5) is 21.5. The second kappa shape index (κ2) is 7.73. The predicted molar refractivity (Wildman–Crippen MR) is 100 cm³/mol. The lowest BCUT2D eigenvalue weighted by Gasteiger charge is -2.16. The number of nitrogens with zero attached hydrogens (tertiary/aromatic N) is 2. The molecule has 0 unspecified atom stereocenters. The van der Waals surface area contributed by atoms with Crippen molar-refractivity contribution in [3.05, 3.63) is 53.1 Å². The third kappa shape index (κ3) is 3.76. The summed E-state index contributed by atoms with van der Waals surface area (Å²) in [6.07, 6.45) is 1.48. The molecule has 0 fully saturated rings. The Morgan fingerprint density at radius 1 is 1.33 bits per heavy atom. The molecule has 0 aliphatic carbocycles. The molecule has 0 atom stereocenters. The number of aliphatic hydroxyl groups excluding tert-OH is 1. The van der Waals surface area contributed by atoms with Gasteiger partial charge in [0.25, 0.3) is 5.91 Å². The van der Waals surface area contributed by atoms with Crippen LogP contribution in [0.25, 0.3) is 11.0 Å². The maximum absolute atomic E-state index is 15.2. The van der Waals surface area contributed by atoms with Gasteiger partial charge >= 0.3 is 0 Å². The Morgan fingerprint density at radius 2 is 2.11 bits per heavy atom. The number of imidazole rings is 1. The molecule has 3 aromatic rings. The first-order chi connectivity index (χ1) is 12.9. The molecule has 142 valence electrons. The molecule has 2 aromatic carbocycles. The number of benzene rings is 2. The highest BCUT2D eigenvalue weighted by atomic mass is 19.1. The van der Waals surface area contributed by atoms with Crippen molar-refractivity contribution < 1.29 is 19.1 Å². The second-order valence-electron chi connectivity index (χ2n) is 6.28. The minimum absolute atomic E-state index is 0.0123. The van der Waals surface area contributed by atoms with Crippen LogP contribution in [0, 0.1) is 19.7 Å². The Labute approximate surface area is 155 Å². The highest BCUT2D eigenvalue weighted by molar-refractivity contribution is 6.04. The van der Waals surface area contributed by atoms with Crippen LogP contribution < -0.4 is 10.8 Å². The molecule has 27 heavy (non-hydrogen) atoms. The average molecular weight is 372 g/mol. The summed E-state index contributed by atoms with van der Waals surface area (Å²) >= 11 is 0. The van der Waals surface area contributed by atoms with Crippen molar-refractivity contribution in [1.29, 1.82) is 0 Å². The summed E-state index contributed by atoms with van der Waals surface area (Å²) in [7, 11) is 1.72. The molecule has 0 saturated heterocycles. The van der Waals surface area contributed by atoms with Crippen LogP contribution in [0.4, 0.5) is 15.8 Å². The van der Waals surface area contributed by atoms with Crippen molar-refractivity contribution in [2.45, 2.75) is 13.8 Å². The van der Waals surface area contributed by atoms with E-state index in [1.165, 1.54) is 6.33 Å². The Balaban J connectivity index is 2.09. The summed E-state index contributed by atoms with van der Waals surface area (Å²) in [6, 6.07) is 7.24. The number of hydroxylamine groups is 1. The van der Waals surface area contributed by atoms with E-state index in [1.807, 2.05) is 32.0 Å². The highest BCUT2D eigenvalue weighted by Crippen LogP contribution is 2.31. The molecular formula is C19H21FN4O3. The van der Waals surface area contributed by atoms with Crippen LogP contribution in [0.15, 0.2) is 30.6 Å². The first-order valence-corrected chi connectivity index (χ1v) is 8.43. The number of hydrogen-bond donors (Lipinski definition) is 3. The number of hydrogen-bond acceptors (Lipinski definition) is 5. The lowest BCUT2D eigenvalue weighted by molar-refractivity contribution is 0.0169. The van der Waals surface area contributed by atoms with Gasteiger partial charge in [0.2, 0.25) is 0 Å². The normalized spacial score (nSPS) is 11.0. The molecule has 7 nitrogen and oxygen atoms in total.